The topological polar surface area (TPSA) is 29.5 Å². The molecule has 0 spiro atoms. The molecule has 3 nitrogen and oxygen atoms in total. The standard InChI is InChI=1S/C16H20NO2.CH3.Sn/c1-17-12-8-9-14(17)15(16(18)19-2)13(10-12)11-6-4-3-5-7-11;;/h4-7,12-15H,8-10H2,1-2H3;1H3;/t12?,13-,14?,15?;;/m1../s1. The first-order valence-electron chi connectivity index (χ1n) is 7.73. The molecule has 4 heteroatoms. The second-order valence-corrected chi connectivity index (χ2v) is 9.30. The van der Waals surface area contributed by atoms with Crippen LogP contribution < -0.4 is 3.58 Å². The number of benzene rings is 1. The van der Waals surface area contributed by atoms with Crippen molar-refractivity contribution in [1.82, 2.24) is 4.90 Å². The number of nitrogens with zero attached hydrogens (tertiary/aromatic N) is 1. The van der Waals surface area contributed by atoms with Gasteiger partial charge in [-0.2, -0.15) is 0 Å². The Morgan fingerprint density at radius 1 is 1.29 bits per heavy atom. The van der Waals surface area contributed by atoms with Crippen molar-refractivity contribution >= 4 is 30.7 Å². The van der Waals surface area contributed by atoms with Gasteiger partial charge in [0.15, 0.2) is 0 Å². The van der Waals surface area contributed by atoms with Crippen molar-refractivity contribution in [3.63, 3.8) is 0 Å². The fourth-order valence-corrected chi connectivity index (χ4v) is 5.59. The third-order valence-electron chi connectivity index (χ3n) is 5.37. The number of carbonyl (C=O) groups excluding carboxylic acids is 1. The van der Waals surface area contributed by atoms with E-state index in [1.54, 1.807) is 0 Å². The zero-order valence-corrected chi connectivity index (χ0v) is 15.9. The zero-order valence-electron chi connectivity index (χ0n) is 13.0. The molecule has 1 aromatic carbocycles. The molecule has 0 saturated carbocycles. The van der Waals surface area contributed by atoms with Crippen molar-refractivity contribution in [3.05, 3.63) is 29.8 Å². The SMILES string of the molecule is COC(=O)C1C2CCC(C[C@@H]1c1cc[c]([Sn][CH3])cc1)N2C. The van der Waals surface area contributed by atoms with E-state index in [-0.39, 0.29) is 33.0 Å². The summed E-state index contributed by atoms with van der Waals surface area (Å²) < 4.78 is 6.65. The van der Waals surface area contributed by atoms with Crippen molar-refractivity contribution in [1.29, 1.82) is 0 Å². The van der Waals surface area contributed by atoms with Crippen LogP contribution in [0.2, 0.25) is 4.94 Å². The fraction of sp³-hybridized carbons (Fsp3) is 0.588. The Balaban J connectivity index is 1.92. The molecule has 2 saturated heterocycles. The van der Waals surface area contributed by atoms with Crippen LogP contribution >= 0.6 is 0 Å². The van der Waals surface area contributed by atoms with Crippen LogP contribution in [0.4, 0.5) is 0 Å². The van der Waals surface area contributed by atoms with Crippen molar-refractivity contribution < 1.29 is 9.53 Å². The fourth-order valence-electron chi connectivity index (χ4n) is 4.16. The van der Waals surface area contributed by atoms with E-state index in [0.29, 0.717) is 18.0 Å². The van der Waals surface area contributed by atoms with Crippen LogP contribution in [0.1, 0.15) is 30.7 Å². The minimum atomic E-state index is -0.362. The molecular formula is C17H23NO2Sn. The van der Waals surface area contributed by atoms with Gasteiger partial charge < -0.3 is 0 Å². The van der Waals surface area contributed by atoms with Crippen LogP contribution in [0.3, 0.4) is 0 Å². The number of carbonyl (C=O) groups is 1. The van der Waals surface area contributed by atoms with Crippen LogP contribution in [0.5, 0.6) is 0 Å². The average molecular weight is 392 g/mol. The quantitative estimate of drug-likeness (QED) is 0.581. The summed E-state index contributed by atoms with van der Waals surface area (Å²) in [5, 5.41) is 0. The van der Waals surface area contributed by atoms with E-state index < -0.39 is 0 Å². The van der Waals surface area contributed by atoms with Crippen LogP contribution in [0, 0.1) is 5.92 Å². The number of hydrogen-bond acceptors (Lipinski definition) is 3. The average Bonchev–Trinajstić information content (AvgIpc) is 2.76. The summed E-state index contributed by atoms with van der Waals surface area (Å²) in [4.78, 5) is 17.1. The molecule has 112 valence electrons. The number of piperidine rings is 1. The molecule has 4 atom stereocenters. The molecule has 0 aromatic heterocycles. The van der Waals surface area contributed by atoms with Gasteiger partial charge in [-0.25, -0.2) is 0 Å². The van der Waals surface area contributed by atoms with Gasteiger partial charge in [-0.05, 0) is 0 Å². The minimum absolute atomic E-state index is 0.00813. The van der Waals surface area contributed by atoms with Gasteiger partial charge in [-0.1, -0.05) is 0 Å². The molecule has 0 aliphatic carbocycles. The van der Waals surface area contributed by atoms with Gasteiger partial charge in [0.2, 0.25) is 0 Å². The van der Waals surface area contributed by atoms with Crippen LogP contribution in [-0.4, -0.2) is 58.3 Å². The number of esters is 1. The molecule has 2 fully saturated rings. The van der Waals surface area contributed by atoms with E-state index >= 15 is 0 Å². The molecule has 0 N–H and O–H groups in total. The number of hydrogen-bond donors (Lipinski definition) is 0. The number of fused-ring (bicyclic) bond motifs is 2. The Hall–Kier alpha value is -0.551. The molecular weight excluding hydrogens is 369 g/mol. The molecule has 0 amide bonds. The summed E-state index contributed by atoms with van der Waals surface area (Å²) in [7, 11) is 3.69. The third-order valence-corrected chi connectivity index (χ3v) is 7.97. The molecule has 3 rings (SSSR count). The molecule has 2 radical (unpaired) electrons. The Labute approximate surface area is 137 Å². The number of ether oxygens (including phenoxy) is 1. The zero-order chi connectivity index (χ0) is 15.0. The molecule has 2 bridgehead atoms. The van der Waals surface area contributed by atoms with Crippen molar-refractivity contribution in [3.8, 4) is 0 Å². The van der Waals surface area contributed by atoms with Gasteiger partial charge in [-0.15, -0.1) is 0 Å². The first-order valence-corrected chi connectivity index (χ1v) is 12.0. The number of rotatable bonds is 3. The molecule has 2 heterocycles. The van der Waals surface area contributed by atoms with Gasteiger partial charge >= 0.3 is 137 Å². The van der Waals surface area contributed by atoms with E-state index in [9.17, 15) is 4.79 Å². The maximum atomic E-state index is 12.4. The van der Waals surface area contributed by atoms with Gasteiger partial charge in [0.25, 0.3) is 0 Å². The number of methoxy groups -OCH3 is 1. The van der Waals surface area contributed by atoms with E-state index in [4.69, 9.17) is 4.74 Å². The summed E-state index contributed by atoms with van der Waals surface area (Å²) in [6.45, 7) is 0. The second kappa shape index (κ2) is 6.29. The van der Waals surface area contributed by atoms with Gasteiger partial charge in [0.05, 0.1) is 0 Å². The third kappa shape index (κ3) is 2.74. The normalized spacial score (nSPS) is 32.1. The van der Waals surface area contributed by atoms with Crippen LogP contribution in [0.25, 0.3) is 0 Å². The van der Waals surface area contributed by atoms with Crippen molar-refractivity contribution in [2.24, 2.45) is 5.92 Å². The summed E-state index contributed by atoms with van der Waals surface area (Å²) in [6.07, 6.45) is 3.42. The summed E-state index contributed by atoms with van der Waals surface area (Å²) in [6, 6.07) is 10.0. The molecule has 1 aromatic rings. The van der Waals surface area contributed by atoms with Gasteiger partial charge in [-0.3, -0.25) is 0 Å². The predicted octanol–water partition coefficient (Wildman–Crippen LogP) is 1.80. The van der Waals surface area contributed by atoms with E-state index in [1.165, 1.54) is 22.7 Å². The van der Waals surface area contributed by atoms with E-state index in [1.807, 2.05) is 0 Å². The van der Waals surface area contributed by atoms with Crippen molar-refractivity contribution in [2.45, 2.75) is 42.2 Å². The Morgan fingerprint density at radius 2 is 2.00 bits per heavy atom. The second-order valence-electron chi connectivity index (χ2n) is 6.23. The van der Waals surface area contributed by atoms with Crippen molar-refractivity contribution in [2.75, 3.05) is 14.2 Å². The Morgan fingerprint density at radius 3 is 2.62 bits per heavy atom. The Kier molecular flexibility index (Phi) is 4.59. The van der Waals surface area contributed by atoms with E-state index in [0.717, 1.165) is 12.8 Å². The van der Waals surface area contributed by atoms with Crippen LogP contribution in [-0.2, 0) is 9.53 Å². The summed E-state index contributed by atoms with van der Waals surface area (Å²) in [5.41, 5.74) is 1.33. The monoisotopic (exact) mass is 393 g/mol. The van der Waals surface area contributed by atoms with E-state index in [2.05, 4.69) is 41.2 Å². The maximum absolute atomic E-state index is 12.4. The van der Waals surface area contributed by atoms with Gasteiger partial charge in [0.1, 0.15) is 0 Å². The van der Waals surface area contributed by atoms with Gasteiger partial charge in [0, 0.05) is 0 Å². The molecule has 2 aliphatic rings. The first-order chi connectivity index (χ1) is 10.2. The molecule has 21 heavy (non-hydrogen) atoms. The predicted molar refractivity (Wildman–Crippen MR) is 85.1 cm³/mol. The molecule has 2 aliphatic heterocycles. The molecule has 3 unspecified atom stereocenters. The van der Waals surface area contributed by atoms with Crippen LogP contribution in [0.15, 0.2) is 24.3 Å². The Bertz CT molecular complexity index is 516. The summed E-state index contributed by atoms with van der Waals surface area (Å²) >= 11 is -0.362. The first kappa shape index (κ1) is 15.3. The summed E-state index contributed by atoms with van der Waals surface area (Å²) in [5.74, 6) is 0.280.